The lowest BCUT2D eigenvalue weighted by Crippen LogP contribution is -2.35. The molecule has 1 amide bonds. The number of aromatic amines is 1. The van der Waals surface area contributed by atoms with Crippen molar-refractivity contribution >= 4 is 28.6 Å². The number of aromatic nitrogens is 2. The lowest BCUT2D eigenvalue weighted by molar-refractivity contribution is -0.119. The summed E-state index contributed by atoms with van der Waals surface area (Å²) in [5.74, 6) is 0.859. The van der Waals surface area contributed by atoms with Gasteiger partial charge in [-0.1, -0.05) is 0 Å². The first kappa shape index (κ1) is 11.8. The molecule has 100 valence electrons. The number of nitrogens with one attached hydrogen (secondary N) is 2. The van der Waals surface area contributed by atoms with Crippen LogP contribution in [-0.4, -0.2) is 35.0 Å². The van der Waals surface area contributed by atoms with Crippen LogP contribution in [0.5, 0.6) is 0 Å². The highest BCUT2D eigenvalue weighted by Crippen LogP contribution is 2.22. The molecule has 0 radical (unpaired) electrons. The number of benzene rings is 1. The van der Waals surface area contributed by atoms with Crippen molar-refractivity contribution in [3.05, 3.63) is 18.2 Å². The lowest BCUT2D eigenvalue weighted by atomic mass is 10.3. The van der Waals surface area contributed by atoms with Crippen LogP contribution in [0.15, 0.2) is 18.2 Å². The van der Waals surface area contributed by atoms with Gasteiger partial charge in [0.1, 0.15) is 0 Å². The van der Waals surface area contributed by atoms with Crippen LogP contribution in [0.4, 0.5) is 11.6 Å². The Morgan fingerprint density at radius 2 is 2.42 bits per heavy atom. The van der Waals surface area contributed by atoms with E-state index in [1.807, 2.05) is 18.2 Å². The third-order valence-electron chi connectivity index (χ3n) is 3.39. The zero-order valence-electron chi connectivity index (χ0n) is 10.8. The zero-order valence-corrected chi connectivity index (χ0v) is 10.8. The third-order valence-corrected chi connectivity index (χ3v) is 3.39. The number of hydrogen-bond donors (Lipinski definition) is 3. The smallest absolute Gasteiger partial charge is 0.217 e. The third kappa shape index (κ3) is 2.33. The number of nitrogens with two attached hydrogens (primary N) is 1. The number of nitrogens with zero attached hydrogens (tertiary/aromatic N) is 2. The van der Waals surface area contributed by atoms with E-state index in [2.05, 4.69) is 20.2 Å². The minimum Gasteiger partial charge on any atom is -0.399 e. The Morgan fingerprint density at radius 1 is 1.58 bits per heavy atom. The first-order valence-corrected chi connectivity index (χ1v) is 6.39. The largest absolute Gasteiger partial charge is 0.399 e. The van der Waals surface area contributed by atoms with Crippen molar-refractivity contribution in [2.24, 2.45) is 0 Å². The molecule has 1 aromatic carbocycles. The van der Waals surface area contributed by atoms with Crippen LogP contribution < -0.4 is 16.0 Å². The Balaban J connectivity index is 1.79. The van der Waals surface area contributed by atoms with Gasteiger partial charge in [-0.05, 0) is 24.6 Å². The van der Waals surface area contributed by atoms with Crippen LogP contribution in [0.1, 0.15) is 13.3 Å². The van der Waals surface area contributed by atoms with Crippen LogP contribution in [-0.2, 0) is 4.79 Å². The molecule has 6 nitrogen and oxygen atoms in total. The quantitative estimate of drug-likeness (QED) is 0.698. The van der Waals surface area contributed by atoms with Gasteiger partial charge < -0.3 is 20.9 Å². The molecule has 4 N–H and O–H groups in total. The van der Waals surface area contributed by atoms with E-state index in [4.69, 9.17) is 5.73 Å². The van der Waals surface area contributed by atoms with Gasteiger partial charge in [-0.3, -0.25) is 4.79 Å². The maximum absolute atomic E-state index is 11.1. The van der Waals surface area contributed by atoms with Gasteiger partial charge in [0.25, 0.3) is 0 Å². The highest BCUT2D eigenvalue weighted by molar-refractivity contribution is 5.81. The van der Waals surface area contributed by atoms with E-state index in [0.29, 0.717) is 0 Å². The molecule has 1 atom stereocenters. The maximum Gasteiger partial charge on any atom is 0.217 e. The van der Waals surface area contributed by atoms with E-state index in [9.17, 15) is 4.79 Å². The monoisotopic (exact) mass is 259 g/mol. The first-order valence-electron chi connectivity index (χ1n) is 6.39. The van der Waals surface area contributed by atoms with E-state index in [1.54, 1.807) is 6.92 Å². The minimum atomic E-state index is 0.0178. The van der Waals surface area contributed by atoms with Gasteiger partial charge in [-0.15, -0.1) is 0 Å². The molecule has 1 aliphatic rings. The van der Waals surface area contributed by atoms with E-state index in [0.717, 1.165) is 42.2 Å². The van der Waals surface area contributed by atoms with Gasteiger partial charge in [0.05, 0.1) is 11.0 Å². The molecule has 1 saturated heterocycles. The number of H-pyrrole nitrogens is 1. The fraction of sp³-hybridized carbons (Fsp3) is 0.385. The summed E-state index contributed by atoms with van der Waals surface area (Å²) < 4.78 is 0. The molecular weight excluding hydrogens is 242 g/mol. The van der Waals surface area contributed by atoms with Gasteiger partial charge in [0.2, 0.25) is 11.9 Å². The second-order valence-corrected chi connectivity index (χ2v) is 4.97. The van der Waals surface area contributed by atoms with Crippen molar-refractivity contribution < 1.29 is 4.79 Å². The Bertz CT molecular complexity index is 621. The molecule has 0 aliphatic carbocycles. The number of amides is 1. The fourth-order valence-corrected chi connectivity index (χ4v) is 2.52. The highest BCUT2D eigenvalue weighted by Gasteiger charge is 2.25. The molecule has 19 heavy (non-hydrogen) atoms. The number of carbonyl (C=O) groups excluding carboxylic acids is 1. The van der Waals surface area contributed by atoms with Crippen LogP contribution >= 0.6 is 0 Å². The molecule has 0 bridgehead atoms. The van der Waals surface area contributed by atoms with Gasteiger partial charge in [-0.2, -0.15) is 0 Å². The summed E-state index contributed by atoms with van der Waals surface area (Å²) in [7, 11) is 0. The summed E-state index contributed by atoms with van der Waals surface area (Å²) >= 11 is 0. The van der Waals surface area contributed by atoms with Gasteiger partial charge in [0, 0.05) is 31.7 Å². The van der Waals surface area contributed by atoms with E-state index >= 15 is 0 Å². The van der Waals surface area contributed by atoms with Crippen LogP contribution in [0.2, 0.25) is 0 Å². The summed E-state index contributed by atoms with van der Waals surface area (Å²) in [6.07, 6.45) is 0.943. The van der Waals surface area contributed by atoms with Gasteiger partial charge >= 0.3 is 0 Å². The summed E-state index contributed by atoms with van der Waals surface area (Å²) in [6, 6.07) is 5.84. The van der Waals surface area contributed by atoms with Crippen molar-refractivity contribution in [1.29, 1.82) is 0 Å². The summed E-state index contributed by atoms with van der Waals surface area (Å²) in [4.78, 5) is 21.0. The normalized spacial score (nSPS) is 19.0. The highest BCUT2D eigenvalue weighted by atomic mass is 16.1. The standard InChI is InChI=1S/C13H17N5O/c1-8(19)15-10-4-5-18(7-10)13-16-11-3-2-9(14)6-12(11)17-13/h2-3,6,10H,4-5,7,14H2,1H3,(H,15,19)(H,16,17). The van der Waals surface area contributed by atoms with Crippen LogP contribution in [0.3, 0.4) is 0 Å². The Hall–Kier alpha value is -2.24. The fourth-order valence-electron chi connectivity index (χ4n) is 2.52. The summed E-state index contributed by atoms with van der Waals surface area (Å²) in [6.45, 7) is 3.22. The Kier molecular flexibility index (Phi) is 2.77. The number of fused-ring (bicyclic) bond motifs is 1. The molecule has 1 unspecified atom stereocenters. The predicted octanol–water partition coefficient (Wildman–Crippen LogP) is 0.860. The number of rotatable bonds is 2. The van der Waals surface area contributed by atoms with Gasteiger partial charge in [-0.25, -0.2) is 4.98 Å². The topological polar surface area (TPSA) is 87.0 Å². The predicted molar refractivity (Wildman–Crippen MR) is 74.9 cm³/mol. The van der Waals surface area contributed by atoms with Crippen LogP contribution in [0, 0.1) is 0 Å². The number of carbonyl (C=O) groups is 1. The second-order valence-electron chi connectivity index (χ2n) is 4.97. The summed E-state index contributed by atoms with van der Waals surface area (Å²) in [5, 5.41) is 2.94. The lowest BCUT2D eigenvalue weighted by Gasteiger charge is -2.15. The molecule has 1 aliphatic heterocycles. The van der Waals surface area contributed by atoms with Crippen LogP contribution in [0.25, 0.3) is 11.0 Å². The Labute approximate surface area is 111 Å². The number of anilines is 2. The van der Waals surface area contributed by atoms with Crippen molar-refractivity contribution in [2.75, 3.05) is 23.7 Å². The molecule has 2 aromatic rings. The van der Waals surface area contributed by atoms with E-state index in [1.165, 1.54) is 0 Å². The average molecular weight is 259 g/mol. The zero-order chi connectivity index (χ0) is 13.4. The number of hydrogen-bond acceptors (Lipinski definition) is 4. The molecule has 2 heterocycles. The molecule has 6 heteroatoms. The molecular formula is C13H17N5O. The van der Waals surface area contributed by atoms with Gasteiger partial charge in [0.15, 0.2) is 0 Å². The molecule has 1 aromatic heterocycles. The molecule has 0 spiro atoms. The minimum absolute atomic E-state index is 0.0178. The van der Waals surface area contributed by atoms with Crippen molar-refractivity contribution in [3.63, 3.8) is 0 Å². The van der Waals surface area contributed by atoms with E-state index < -0.39 is 0 Å². The molecule has 1 fully saturated rings. The molecule has 0 saturated carbocycles. The van der Waals surface area contributed by atoms with Crippen molar-refractivity contribution in [3.8, 4) is 0 Å². The maximum atomic E-state index is 11.1. The van der Waals surface area contributed by atoms with E-state index in [-0.39, 0.29) is 11.9 Å². The first-order chi connectivity index (χ1) is 9.11. The van der Waals surface area contributed by atoms with Crippen molar-refractivity contribution in [1.82, 2.24) is 15.3 Å². The number of nitrogen functional groups attached to an aromatic ring is 1. The molecule has 3 rings (SSSR count). The second kappa shape index (κ2) is 4.46. The Morgan fingerprint density at radius 3 is 3.21 bits per heavy atom. The SMILES string of the molecule is CC(=O)NC1CCN(c2nc3ccc(N)cc3[nH]2)C1. The summed E-state index contributed by atoms with van der Waals surface area (Å²) in [5.41, 5.74) is 8.33. The average Bonchev–Trinajstić information content (AvgIpc) is 2.93. The van der Waals surface area contributed by atoms with Crippen molar-refractivity contribution in [2.45, 2.75) is 19.4 Å². The number of imidazole rings is 1.